The van der Waals surface area contributed by atoms with E-state index in [1.807, 2.05) is 0 Å². The molecule has 0 amide bonds. The van der Waals surface area contributed by atoms with Crippen LogP contribution in [-0.2, 0) is 6.42 Å². The van der Waals surface area contributed by atoms with Gasteiger partial charge in [0.2, 0.25) is 0 Å². The molecule has 0 atom stereocenters. The number of unbranched alkanes of at least 4 members (excludes halogenated alkanes) is 4. The summed E-state index contributed by atoms with van der Waals surface area (Å²) in [6, 6.07) is 19.8. The number of benzene rings is 2. The first-order valence-electron chi connectivity index (χ1n) is 8.54. The van der Waals surface area contributed by atoms with E-state index in [1.54, 1.807) is 0 Å². The average Bonchev–Trinajstić information content (AvgIpc) is 2.99. The molecule has 114 valence electrons. The molecule has 3 rings (SSSR count). The Hall–Kier alpha value is -2.02. The maximum atomic E-state index is 2.28. The van der Waals surface area contributed by atoms with Gasteiger partial charge in [-0.05, 0) is 48.1 Å². The van der Waals surface area contributed by atoms with Crippen LogP contribution in [0, 0.1) is 0 Å². The summed E-state index contributed by atoms with van der Waals surface area (Å²) in [5, 5.41) is 1.29. The van der Waals surface area contributed by atoms with Gasteiger partial charge in [0.15, 0.2) is 0 Å². The van der Waals surface area contributed by atoms with Crippen molar-refractivity contribution in [2.45, 2.75) is 45.4 Å². The van der Waals surface area contributed by atoms with Crippen molar-refractivity contribution in [1.82, 2.24) is 4.57 Å². The molecule has 0 unspecified atom stereocenters. The summed E-state index contributed by atoms with van der Waals surface area (Å²) in [5.74, 6) is 0. The highest BCUT2D eigenvalue weighted by atomic mass is 15.0. The lowest BCUT2D eigenvalue weighted by atomic mass is 10.1. The second-order valence-electron chi connectivity index (χ2n) is 6.08. The van der Waals surface area contributed by atoms with Gasteiger partial charge in [0.05, 0.1) is 5.52 Å². The van der Waals surface area contributed by atoms with E-state index in [4.69, 9.17) is 0 Å². The van der Waals surface area contributed by atoms with Crippen molar-refractivity contribution in [2.75, 3.05) is 0 Å². The number of fused-ring (bicyclic) bond motifs is 1. The Bertz CT molecular complexity index is 706. The molecule has 0 bridgehead atoms. The third-order valence-electron chi connectivity index (χ3n) is 4.38. The number of aryl methyl sites for hydroxylation is 1. The zero-order valence-electron chi connectivity index (χ0n) is 13.5. The van der Waals surface area contributed by atoms with Gasteiger partial charge in [-0.15, -0.1) is 0 Å². The maximum absolute atomic E-state index is 2.28. The zero-order valence-corrected chi connectivity index (χ0v) is 13.5. The van der Waals surface area contributed by atoms with Crippen molar-refractivity contribution in [3.8, 4) is 5.69 Å². The van der Waals surface area contributed by atoms with E-state index in [2.05, 4.69) is 72.3 Å². The van der Waals surface area contributed by atoms with Gasteiger partial charge in [-0.3, -0.25) is 0 Å². The van der Waals surface area contributed by atoms with Crippen molar-refractivity contribution in [2.24, 2.45) is 0 Å². The number of hydrogen-bond donors (Lipinski definition) is 0. The van der Waals surface area contributed by atoms with Crippen molar-refractivity contribution >= 4 is 10.9 Å². The number of para-hydroxylation sites is 1. The largest absolute Gasteiger partial charge is 0.317 e. The number of nitrogens with zero attached hydrogens (tertiary/aromatic N) is 1. The molecule has 1 heteroatoms. The topological polar surface area (TPSA) is 4.93 Å². The van der Waals surface area contributed by atoms with Crippen LogP contribution in [0.3, 0.4) is 0 Å². The van der Waals surface area contributed by atoms with Crippen molar-refractivity contribution in [3.05, 3.63) is 66.4 Å². The van der Waals surface area contributed by atoms with Crippen LogP contribution >= 0.6 is 0 Å². The molecule has 0 radical (unpaired) electrons. The van der Waals surface area contributed by atoms with Crippen LogP contribution in [0.5, 0.6) is 0 Å². The van der Waals surface area contributed by atoms with Gasteiger partial charge in [0.1, 0.15) is 0 Å². The maximum Gasteiger partial charge on any atom is 0.0528 e. The van der Waals surface area contributed by atoms with Crippen LogP contribution in [-0.4, -0.2) is 4.57 Å². The van der Waals surface area contributed by atoms with E-state index in [0.29, 0.717) is 0 Å². The normalized spacial score (nSPS) is 11.1. The lowest BCUT2D eigenvalue weighted by Gasteiger charge is -2.07. The fourth-order valence-corrected chi connectivity index (χ4v) is 3.06. The minimum Gasteiger partial charge on any atom is -0.317 e. The SMILES string of the molecule is CCCCCCCc1ccc(-n2ccc3ccccc32)cc1. The molecule has 0 aliphatic carbocycles. The Morgan fingerprint density at radius 1 is 0.773 bits per heavy atom. The fourth-order valence-electron chi connectivity index (χ4n) is 3.06. The first-order chi connectivity index (χ1) is 10.9. The van der Waals surface area contributed by atoms with Crippen LogP contribution in [0.15, 0.2) is 60.8 Å². The third-order valence-corrected chi connectivity index (χ3v) is 4.38. The van der Waals surface area contributed by atoms with E-state index in [0.717, 1.165) is 0 Å². The zero-order chi connectivity index (χ0) is 15.2. The molecule has 2 aromatic carbocycles. The predicted molar refractivity (Wildman–Crippen MR) is 95.7 cm³/mol. The van der Waals surface area contributed by atoms with E-state index in [-0.39, 0.29) is 0 Å². The van der Waals surface area contributed by atoms with Gasteiger partial charge in [-0.2, -0.15) is 0 Å². The second-order valence-corrected chi connectivity index (χ2v) is 6.08. The van der Waals surface area contributed by atoms with E-state index in [9.17, 15) is 0 Å². The van der Waals surface area contributed by atoms with E-state index >= 15 is 0 Å². The van der Waals surface area contributed by atoms with Gasteiger partial charge in [-0.1, -0.05) is 62.9 Å². The van der Waals surface area contributed by atoms with Gasteiger partial charge in [-0.25, -0.2) is 0 Å². The monoisotopic (exact) mass is 291 g/mol. The lowest BCUT2D eigenvalue weighted by molar-refractivity contribution is 0.632. The summed E-state index contributed by atoms with van der Waals surface area (Å²) >= 11 is 0. The van der Waals surface area contributed by atoms with Crippen LogP contribution in [0.4, 0.5) is 0 Å². The van der Waals surface area contributed by atoms with Gasteiger partial charge < -0.3 is 4.57 Å². The molecule has 0 fully saturated rings. The van der Waals surface area contributed by atoms with Gasteiger partial charge >= 0.3 is 0 Å². The molecule has 0 saturated carbocycles. The first kappa shape index (κ1) is 14.9. The molecule has 22 heavy (non-hydrogen) atoms. The van der Waals surface area contributed by atoms with Gasteiger partial charge in [0.25, 0.3) is 0 Å². The predicted octanol–water partition coefficient (Wildman–Crippen LogP) is 6.14. The number of rotatable bonds is 7. The standard InChI is InChI=1S/C21H25N/c1-2-3-4-5-6-9-18-12-14-20(15-13-18)22-17-16-19-10-7-8-11-21(19)22/h7-8,10-17H,2-6,9H2,1H3. The molecule has 0 aliphatic heterocycles. The minimum atomic E-state index is 1.20. The number of aromatic nitrogens is 1. The molecule has 3 aromatic rings. The Kier molecular flexibility index (Phi) is 4.95. The quantitative estimate of drug-likeness (QED) is 0.460. The summed E-state index contributed by atoms with van der Waals surface area (Å²) in [7, 11) is 0. The van der Waals surface area contributed by atoms with E-state index < -0.39 is 0 Å². The Balaban J connectivity index is 1.66. The van der Waals surface area contributed by atoms with Crippen LogP contribution in [0.1, 0.15) is 44.6 Å². The molecule has 1 nitrogen and oxygen atoms in total. The first-order valence-corrected chi connectivity index (χ1v) is 8.54. The molecular weight excluding hydrogens is 266 g/mol. The fraction of sp³-hybridized carbons (Fsp3) is 0.333. The van der Waals surface area contributed by atoms with E-state index in [1.165, 1.54) is 60.7 Å². The molecule has 1 heterocycles. The molecule has 1 aromatic heterocycles. The highest BCUT2D eigenvalue weighted by Gasteiger charge is 2.02. The second kappa shape index (κ2) is 7.31. The van der Waals surface area contributed by atoms with Crippen molar-refractivity contribution < 1.29 is 0 Å². The molecule has 0 spiro atoms. The van der Waals surface area contributed by atoms with Crippen LogP contribution < -0.4 is 0 Å². The van der Waals surface area contributed by atoms with Crippen LogP contribution in [0.25, 0.3) is 16.6 Å². The molecule has 0 saturated heterocycles. The minimum absolute atomic E-state index is 1.20. The Morgan fingerprint density at radius 3 is 2.36 bits per heavy atom. The van der Waals surface area contributed by atoms with Crippen molar-refractivity contribution in [3.63, 3.8) is 0 Å². The molecule has 0 N–H and O–H groups in total. The highest BCUT2D eigenvalue weighted by molar-refractivity contribution is 5.81. The lowest BCUT2D eigenvalue weighted by Crippen LogP contribution is -1.93. The highest BCUT2D eigenvalue weighted by Crippen LogP contribution is 2.21. The smallest absolute Gasteiger partial charge is 0.0528 e. The summed E-state index contributed by atoms with van der Waals surface area (Å²) in [6.45, 7) is 2.27. The summed E-state index contributed by atoms with van der Waals surface area (Å²) < 4.78 is 2.26. The van der Waals surface area contributed by atoms with Gasteiger partial charge in [0, 0.05) is 11.9 Å². The number of hydrogen-bond acceptors (Lipinski definition) is 0. The molecule has 0 aliphatic rings. The summed E-state index contributed by atoms with van der Waals surface area (Å²) in [6.07, 6.45) is 10.1. The molecular formula is C21H25N. The Morgan fingerprint density at radius 2 is 1.55 bits per heavy atom. The third kappa shape index (κ3) is 3.41. The Labute approximate surface area is 133 Å². The summed E-state index contributed by atoms with van der Waals surface area (Å²) in [5.41, 5.74) is 3.97. The summed E-state index contributed by atoms with van der Waals surface area (Å²) in [4.78, 5) is 0. The van der Waals surface area contributed by atoms with Crippen molar-refractivity contribution in [1.29, 1.82) is 0 Å². The average molecular weight is 291 g/mol. The van der Waals surface area contributed by atoms with Crippen LogP contribution in [0.2, 0.25) is 0 Å².